The van der Waals surface area contributed by atoms with Crippen LogP contribution in [0.5, 0.6) is 0 Å². The van der Waals surface area contributed by atoms with Gasteiger partial charge in [-0.1, -0.05) is 35.9 Å². The Morgan fingerprint density at radius 3 is 2.32 bits per heavy atom. The molecule has 2 amide bonds. The Labute approximate surface area is 168 Å². The van der Waals surface area contributed by atoms with Crippen molar-refractivity contribution >= 4 is 29.1 Å². The van der Waals surface area contributed by atoms with E-state index in [0.29, 0.717) is 30.0 Å². The molecule has 3 rings (SSSR count). The van der Waals surface area contributed by atoms with E-state index < -0.39 is 0 Å². The first kappa shape index (κ1) is 19.6. The van der Waals surface area contributed by atoms with Crippen molar-refractivity contribution in [2.75, 3.05) is 5.32 Å². The molecule has 1 heterocycles. The van der Waals surface area contributed by atoms with Gasteiger partial charge in [0.1, 0.15) is 0 Å². The van der Waals surface area contributed by atoms with Gasteiger partial charge in [0, 0.05) is 36.1 Å². The van der Waals surface area contributed by atoms with Gasteiger partial charge in [0.2, 0.25) is 5.91 Å². The van der Waals surface area contributed by atoms with Gasteiger partial charge >= 0.3 is 0 Å². The van der Waals surface area contributed by atoms with Crippen molar-refractivity contribution in [2.45, 2.75) is 19.4 Å². The first-order chi connectivity index (χ1) is 13.6. The number of amides is 2. The fourth-order valence-electron chi connectivity index (χ4n) is 2.62. The molecule has 6 heteroatoms. The number of hydrogen-bond donors (Lipinski definition) is 2. The molecule has 0 aliphatic heterocycles. The molecular weight excluding hydrogens is 374 g/mol. The molecule has 1 aromatic heterocycles. The standard InChI is InChI=1S/C22H20ClN3O2/c23-19-8-3-16(4-9-19)7-12-21(27)26-20-10-5-17(6-11-20)14-25-22(28)18-2-1-13-24-15-18/h1-6,8-11,13,15H,7,12,14H2,(H,25,28)(H,26,27). The summed E-state index contributed by atoms with van der Waals surface area (Å²) < 4.78 is 0. The third-order valence-corrected chi connectivity index (χ3v) is 4.42. The first-order valence-corrected chi connectivity index (χ1v) is 9.29. The molecular formula is C22H20ClN3O2. The molecule has 28 heavy (non-hydrogen) atoms. The van der Waals surface area contributed by atoms with E-state index in [2.05, 4.69) is 15.6 Å². The van der Waals surface area contributed by atoms with Crippen molar-refractivity contribution in [2.24, 2.45) is 0 Å². The van der Waals surface area contributed by atoms with Crippen LogP contribution in [0.15, 0.2) is 73.1 Å². The highest BCUT2D eigenvalue weighted by molar-refractivity contribution is 6.30. The normalized spacial score (nSPS) is 10.3. The van der Waals surface area contributed by atoms with Gasteiger partial charge in [-0.25, -0.2) is 0 Å². The molecule has 0 saturated heterocycles. The van der Waals surface area contributed by atoms with Crippen LogP contribution in [-0.2, 0) is 17.8 Å². The Hall–Kier alpha value is -3.18. The van der Waals surface area contributed by atoms with Crippen LogP contribution in [0.25, 0.3) is 0 Å². The van der Waals surface area contributed by atoms with E-state index in [1.54, 1.807) is 18.3 Å². The van der Waals surface area contributed by atoms with E-state index >= 15 is 0 Å². The number of anilines is 1. The fourth-order valence-corrected chi connectivity index (χ4v) is 2.75. The molecule has 0 atom stereocenters. The quantitative estimate of drug-likeness (QED) is 0.630. The SMILES string of the molecule is O=C(CCc1ccc(Cl)cc1)Nc1ccc(CNC(=O)c2cccnc2)cc1. The topological polar surface area (TPSA) is 71.1 Å². The number of nitrogens with zero attached hydrogens (tertiary/aromatic N) is 1. The van der Waals surface area contributed by atoms with Crippen molar-refractivity contribution < 1.29 is 9.59 Å². The van der Waals surface area contributed by atoms with Crippen molar-refractivity contribution in [3.63, 3.8) is 0 Å². The van der Waals surface area contributed by atoms with Crippen LogP contribution in [0.4, 0.5) is 5.69 Å². The minimum atomic E-state index is -0.173. The first-order valence-electron chi connectivity index (χ1n) is 8.91. The second-order valence-corrected chi connectivity index (χ2v) is 6.73. The zero-order valence-electron chi connectivity index (χ0n) is 15.2. The lowest BCUT2D eigenvalue weighted by Gasteiger charge is -2.08. The second kappa shape index (κ2) is 9.67. The van der Waals surface area contributed by atoms with Gasteiger partial charge in [0.05, 0.1) is 5.56 Å². The van der Waals surface area contributed by atoms with Gasteiger partial charge < -0.3 is 10.6 Å². The summed E-state index contributed by atoms with van der Waals surface area (Å²) in [6.45, 7) is 0.401. The maximum absolute atomic E-state index is 12.1. The zero-order chi connectivity index (χ0) is 19.8. The number of nitrogens with one attached hydrogen (secondary N) is 2. The van der Waals surface area contributed by atoms with Crippen LogP contribution in [0, 0.1) is 0 Å². The molecule has 3 aromatic rings. The molecule has 0 fully saturated rings. The predicted octanol–water partition coefficient (Wildman–Crippen LogP) is 4.24. The number of carbonyl (C=O) groups is 2. The number of aromatic nitrogens is 1. The van der Waals surface area contributed by atoms with Gasteiger partial charge in [0.25, 0.3) is 5.91 Å². The van der Waals surface area contributed by atoms with E-state index in [1.165, 1.54) is 6.20 Å². The average molecular weight is 394 g/mol. The van der Waals surface area contributed by atoms with Crippen LogP contribution >= 0.6 is 11.6 Å². The Balaban J connectivity index is 1.45. The second-order valence-electron chi connectivity index (χ2n) is 6.30. The molecule has 2 aromatic carbocycles. The summed E-state index contributed by atoms with van der Waals surface area (Å²) in [5.74, 6) is -0.222. The van der Waals surface area contributed by atoms with Crippen molar-refractivity contribution in [3.05, 3.63) is 94.8 Å². The Morgan fingerprint density at radius 2 is 1.64 bits per heavy atom. The number of hydrogen-bond acceptors (Lipinski definition) is 3. The van der Waals surface area contributed by atoms with Gasteiger partial charge in [-0.3, -0.25) is 14.6 Å². The fraction of sp³-hybridized carbons (Fsp3) is 0.136. The number of carbonyl (C=O) groups excluding carboxylic acids is 2. The lowest BCUT2D eigenvalue weighted by atomic mass is 10.1. The highest BCUT2D eigenvalue weighted by atomic mass is 35.5. The van der Waals surface area contributed by atoms with Gasteiger partial charge in [0.15, 0.2) is 0 Å². The summed E-state index contributed by atoms with van der Waals surface area (Å²) in [7, 11) is 0. The van der Waals surface area contributed by atoms with Crippen molar-refractivity contribution in [3.8, 4) is 0 Å². The molecule has 2 N–H and O–H groups in total. The van der Waals surface area contributed by atoms with Crippen LogP contribution < -0.4 is 10.6 Å². The summed E-state index contributed by atoms with van der Waals surface area (Å²) in [6, 6.07) is 18.3. The summed E-state index contributed by atoms with van der Waals surface area (Å²) >= 11 is 5.86. The van der Waals surface area contributed by atoms with Crippen LogP contribution in [0.1, 0.15) is 27.9 Å². The van der Waals surface area contributed by atoms with E-state index in [1.807, 2.05) is 48.5 Å². The third kappa shape index (κ3) is 5.93. The predicted molar refractivity (Wildman–Crippen MR) is 110 cm³/mol. The van der Waals surface area contributed by atoms with E-state index in [0.717, 1.165) is 16.8 Å². The molecule has 142 valence electrons. The largest absolute Gasteiger partial charge is 0.348 e. The highest BCUT2D eigenvalue weighted by Gasteiger charge is 2.06. The molecule has 0 saturated carbocycles. The Morgan fingerprint density at radius 1 is 0.929 bits per heavy atom. The maximum atomic E-state index is 12.1. The van der Waals surface area contributed by atoms with Gasteiger partial charge in [-0.15, -0.1) is 0 Å². The number of halogens is 1. The summed E-state index contributed by atoms with van der Waals surface area (Å²) in [4.78, 5) is 28.1. The monoisotopic (exact) mass is 393 g/mol. The van der Waals surface area contributed by atoms with Crippen LogP contribution in [-0.4, -0.2) is 16.8 Å². The number of rotatable bonds is 7. The molecule has 0 unspecified atom stereocenters. The van der Waals surface area contributed by atoms with Crippen molar-refractivity contribution in [1.82, 2.24) is 10.3 Å². The minimum absolute atomic E-state index is 0.0485. The molecule has 5 nitrogen and oxygen atoms in total. The third-order valence-electron chi connectivity index (χ3n) is 4.17. The van der Waals surface area contributed by atoms with Crippen molar-refractivity contribution in [1.29, 1.82) is 0 Å². The average Bonchev–Trinajstić information content (AvgIpc) is 2.73. The van der Waals surface area contributed by atoms with E-state index in [-0.39, 0.29) is 11.8 Å². The van der Waals surface area contributed by atoms with Gasteiger partial charge in [-0.05, 0) is 53.9 Å². The molecule has 0 radical (unpaired) electrons. The summed E-state index contributed by atoms with van der Waals surface area (Å²) in [5, 5.41) is 6.41. The van der Waals surface area contributed by atoms with Crippen LogP contribution in [0.3, 0.4) is 0 Å². The maximum Gasteiger partial charge on any atom is 0.253 e. The van der Waals surface area contributed by atoms with Gasteiger partial charge in [-0.2, -0.15) is 0 Å². The molecule has 0 aliphatic rings. The zero-order valence-corrected chi connectivity index (χ0v) is 15.9. The smallest absolute Gasteiger partial charge is 0.253 e. The summed E-state index contributed by atoms with van der Waals surface area (Å²) in [6.07, 6.45) is 4.20. The summed E-state index contributed by atoms with van der Waals surface area (Å²) in [5.41, 5.74) is 3.26. The van der Waals surface area contributed by atoms with Crippen LogP contribution in [0.2, 0.25) is 5.02 Å². The lowest BCUT2D eigenvalue weighted by molar-refractivity contribution is -0.116. The molecule has 0 aliphatic carbocycles. The lowest BCUT2D eigenvalue weighted by Crippen LogP contribution is -2.22. The highest BCUT2D eigenvalue weighted by Crippen LogP contribution is 2.13. The number of benzene rings is 2. The minimum Gasteiger partial charge on any atom is -0.348 e. The Bertz CT molecular complexity index is 926. The Kier molecular flexibility index (Phi) is 6.76. The van der Waals surface area contributed by atoms with E-state index in [9.17, 15) is 9.59 Å². The molecule has 0 bridgehead atoms. The molecule has 0 spiro atoms. The number of pyridine rings is 1. The van der Waals surface area contributed by atoms with E-state index in [4.69, 9.17) is 11.6 Å². The number of aryl methyl sites for hydroxylation is 1.